The van der Waals surface area contributed by atoms with Crippen LogP contribution in [0.25, 0.3) is 0 Å². The van der Waals surface area contributed by atoms with Crippen molar-refractivity contribution in [2.24, 2.45) is 0 Å². The molecule has 0 aliphatic carbocycles. The van der Waals surface area contributed by atoms with Gasteiger partial charge in [-0.1, -0.05) is 11.6 Å². The van der Waals surface area contributed by atoms with Gasteiger partial charge in [0.05, 0.1) is 18.7 Å². The fourth-order valence-electron chi connectivity index (χ4n) is 3.01. The number of piperidine rings is 1. The third-order valence-electron chi connectivity index (χ3n) is 3.96. The first kappa shape index (κ1) is 12.8. The van der Waals surface area contributed by atoms with Crippen molar-refractivity contribution in [2.45, 2.75) is 38.3 Å². The normalized spacial score (nSPS) is 22.6. The lowest BCUT2D eigenvalue weighted by Crippen LogP contribution is -2.37. The van der Waals surface area contributed by atoms with Crippen molar-refractivity contribution >= 4 is 11.6 Å². The Labute approximate surface area is 118 Å². The summed E-state index contributed by atoms with van der Waals surface area (Å²) in [6.07, 6.45) is 4.23. The molecule has 0 radical (unpaired) electrons. The third kappa shape index (κ3) is 2.56. The van der Waals surface area contributed by atoms with E-state index in [1.54, 1.807) is 0 Å². The highest BCUT2D eigenvalue weighted by atomic mass is 35.5. The number of benzene rings is 1. The molecule has 0 amide bonds. The monoisotopic (exact) mass is 276 g/mol. The minimum absolute atomic E-state index is 0.0322. The van der Waals surface area contributed by atoms with Crippen molar-refractivity contribution in [3.05, 3.63) is 28.3 Å². The van der Waals surface area contributed by atoms with Crippen molar-refractivity contribution in [2.75, 3.05) is 13.2 Å². The second-order valence-corrected chi connectivity index (χ2v) is 5.70. The molecule has 1 saturated heterocycles. The van der Waals surface area contributed by atoms with E-state index >= 15 is 0 Å². The lowest BCUT2D eigenvalue weighted by molar-refractivity contribution is 0.174. The first-order chi connectivity index (χ1) is 9.28. The maximum Gasteiger partial charge on any atom is 0.127 e. The molecule has 1 atom stereocenters. The van der Waals surface area contributed by atoms with Crippen molar-refractivity contribution in [1.82, 2.24) is 4.90 Å². The van der Waals surface area contributed by atoms with E-state index in [4.69, 9.17) is 16.3 Å². The summed E-state index contributed by atoms with van der Waals surface area (Å²) in [5, 5.41) is 10.0. The van der Waals surface area contributed by atoms with Crippen LogP contribution in [0.1, 0.15) is 30.4 Å². The van der Waals surface area contributed by atoms with Gasteiger partial charge in [0.1, 0.15) is 5.75 Å². The van der Waals surface area contributed by atoms with E-state index in [9.17, 15) is 5.26 Å². The molecule has 0 bridgehead atoms. The van der Waals surface area contributed by atoms with Crippen LogP contribution in [0.5, 0.6) is 5.75 Å². The van der Waals surface area contributed by atoms with E-state index in [2.05, 4.69) is 11.0 Å². The molecule has 3 rings (SSSR count). The summed E-state index contributed by atoms with van der Waals surface area (Å²) < 4.78 is 5.73. The molecule has 100 valence electrons. The van der Waals surface area contributed by atoms with Gasteiger partial charge in [-0.3, -0.25) is 4.90 Å². The van der Waals surface area contributed by atoms with Crippen LogP contribution in [0, 0.1) is 11.3 Å². The zero-order valence-electron chi connectivity index (χ0n) is 10.9. The van der Waals surface area contributed by atoms with Gasteiger partial charge in [-0.2, -0.15) is 5.26 Å². The molecule has 1 fully saturated rings. The highest BCUT2D eigenvalue weighted by Gasteiger charge is 2.25. The third-order valence-corrected chi connectivity index (χ3v) is 4.18. The molecule has 19 heavy (non-hydrogen) atoms. The molecule has 1 unspecified atom stereocenters. The molecule has 2 aliphatic rings. The molecule has 0 N–H and O–H groups in total. The number of hydrogen-bond donors (Lipinski definition) is 0. The van der Waals surface area contributed by atoms with Gasteiger partial charge in [0.2, 0.25) is 0 Å². The number of fused-ring (bicyclic) bond motifs is 1. The molecular formula is C15H17ClN2O. The van der Waals surface area contributed by atoms with Crippen molar-refractivity contribution in [3.8, 4) is 11.8 Å². The van der Waals surface area contributed by atoms with E-state index in [-0.39, 0.29) is 6.04 Å². The topological polar surface area (TPSA) is 36.3 Å². The molecule has 1 aromatic carbocycles. The van der Waals surface area contributed by atoms with E-state index < -0.39 is 0 Å². The van der Waals surface area contributed by atoms with Gasteiger partial charge < -0.3 is 4.74 Å². The lowest BCUT2D eigenvalue weighted by atomic mass is 10.0. The number of nitrogens with zero attached hydrogens (tertiary/aromatic N) is 2. The van der Waals surface area contributed by atoms with E-state index in [0.29, 0.717) is 0 Å². The first-order valence-electron chi connectivity index (χ1n) is 6.85. The van der Waals surface area contributed by atoms with E-state index in [1.807, 2.05) is 12.1 Å². The van der Waals surface area contributed by atoms with Crippen molar-refractivity contribution in [3.63, 3.8) is 0 Å². The Kier molecular flexibility index (Phi) is 3.63. The Morgan fingerprint density at radius 1 is 1.42 bits per heavy atom. The van der Waals surface area contributed by atoms with Crippen molar-refractivity contribution < 1.29 is 4.74 Å². The second kappa shape index (κ2) is 5.40. The quantitative estimate of drug-likeness (QED) is 0.832. The average Bonchev–Trinajstić information content (AvgIpc) is 2.87. The largest absolute Gasteiger partial charge is 0.493 e. The van der Waals surface area contributed by atoms with Gasteiger partial charge in [-0.25, -0.2) is 0 Å². The van der Waals surface area contributed by atoms with Crippen LogP contribution in [0.4, 0.5) is 0 Å². The molecule has 3 nitrogen and oxygen atoms in total. The summed E-state index contributed by atoms with van der Waals surface area (Å²) in [5.74, 6) is 0.992. The lowest BCUT2D eigenvalue weighted by Gasteiger charge is -2.31. The van der Waals surface area contributed by atoms with Gasteiger partial charge in [-0.05, 0) is 43.5 Å². The van der Waals surface area contributed by atoms with E-state index in [0.717, 1.165) is 55.3 Å². The van der Waals surface area contributed by atoms with Gasteiger partial charge in [0, 0.05) is 23.6 Å². The van der Waals surface area contributed by atoms with Crippen LogP contribution in [0.3, 0.4) is 0 Å². The predicted octanol–water partition coefficient (Wildman–Crippen LogP) is 3.15. The van der Waals surface area contributed by atoms with Crippen LogP contribution in [0.2, 0.25) is 5.02 Å². The molecule has 2 aliphatic heterocycles. The zero-order chi connectivity index (χ0) is 13.2. The van der Waals surface area contributed by atoms with Crippen LogP contribution in [-0.4, -0.2) is 24.1 Å². The fourth-order valence-corrected chi connectivity index (χ4v) is 3.27. The second-order valence-electron chi connectivity index (χ2n) is 5.26. The highest BCUT2D eigenvalue weighted by Crippen LogP contribution is 2.34. The van der Waals surface area contributed by atoms with Gasteiger partial charge >= 0.3 is 0 Å². The number of halogens is 1. The molecule has 2 heterocycles. The molecule has 0 saturated carbocycles. The Hall–Kier alpha value is -1.24. The summed E-state index contributed by atoms with van der Waals surface area (Å²) in [4.78, 5) is 2.25. The molecule has 0 aromatic heterocycles. The van der Waals surface area contributed by atoms with Gasteiger partial charge in [-0.15, -0.1) is 0 Å². The highest BCUT2D eigenvalue weighted by molar-refractivity contribution is 6.30. The van der Waals surface area contributed by atoms with Gasteiger partial charge in [0.25, 0.3) is 0 Å². The fraction of sp³-hybridized carbons (Fsp3) is 0.533. The molecule has 0 spiro atoms. The smallest absolute Gasteiger partial charge is 0.127 e. The number of rotatable bonds is 2. The summed E-state index contributed by atoms with van der Waals surface area (Å²) in [6.45, 7) is 2.49. The number of ether oxygens (including phenoxy) is 1. The van der Waals surface area contributed by atoms with Gasteiger partial charge in [0.15, 0.2) is 0 Å². The number of nitriles is 1. The molecular weight excluding hydrogens is 260 g/mol. The predicted molar refractivity (Wildman–Crippen MR) is 74.3 cm³/mol. The number of likely N-dealkylation sites (tertiary alicyclic amines) is 1. The Balaban J connectivity index is 1.85. The van der Waals surface area contributed by atoms with Crippen LogP contribution >= 0.6 is 11.6 Å². The Bertz CT molecular complexity index is 524. The maximum atomic E-state index is 9.24. The van der Waals surface area contributed by atoms with Crippen molar-refractivity contribution in [1.29, 1.82) is 5.26 Å². The Morgan fingerprint density at radius 3 is 3.16 bits per heavy atom. The Morgan fingerprint density at radius 2 is 2.32 bits per heavy atom. The van der Waals surface area contributed by atoms with Crippen LogP contribution < -0.4 is 4.74 Å². The van der Waals surface area contributed by atoms with Crippen LogP contribution in [-0.2, 0) is 13.0 Å². The molecule has 1 aromatic rings. The molecule has 4 heteroatoms. The zero-order valence-corrected chi connectivity index (χ0v) is 11.6. The maximum absolute atomic E-state index is 9.24. The summed E-state index contributed by atoms with van der Waals surface area (Å²) in [7, 11) is 0. The minimum atomic E-state index is 0.0322. The average molecular weight is 277 g/mol. The minimum Gasteiger partial charge on any atom is -0.493 e. The summed E-state index contributed by atoms with van der Waals surface area (Å²) >= 11 is 6.18. The SMILES string of the molecule is N#CC1CCCCN1Cc1cc(Cl)cc2c1OCC2. The summed E-state index contributed by atoms with van der Waals surface area (Å²) in [5.41, 5.74) is 2.33. The van der Waals surface area contributed by atoms with E-state index in [1.165, 1.54) is 12.0 Å². The number of hydrogen-bond acceptors (Lipinski definition) is 3. The van der Waals surface area contributed by atoms with Crippen LogP contribution in [0.15, 0.2) is 12.1 Å². The summed E-state index contributed by atoms with van der Waals surface area (Å²) in [6, 6.07) is 6.41. The first-order valence-corrected chi connectivity index (χ1v) is 7.23. The standard InChI is InChI=1S/C15H17ClN2O/c16-13-7-11-4-6-19-15(11)12(8-13)10-18-5-2-1-3-14(18)9-17/h7-8,14H,1-6,10H2.